The fourth-order valence-corrected chi connectivity index (χ4v) is 8.90. The molecule has 0 aliphatic rings. The van der Waals surface area contributed by atoms with Gasteiger partial charge in [0.1, 0.15) is 0 Å². The molecule has 0 saturated carbocycles. The van der Waals surface area contributed by atoms with Crippen molar-refractivity contribution in [3.8, 4) is 44.5 Å². The van der Waals surface area contributed by atoms with Crippen molar-refractivity contribution in [3.05, 3.63) is 212 Å². The number of hydrogen-bond donors (Lipinski definition) is 0. The number of hydrogen-bond acceptors (Lipinski definition) is 2. The fraction of sp³-hybridized carbons (Fsp3) is 0. The Bertz CT molecular complexity index is 2920. The van der Waals surface area contributed by atoms with Crippen molar-refractivity contribution in [2.75, 3.05) is 4.90 Å². The van der Waals surface area contributed by atoms with E-state index in [9.17, 15) is 0 Å². The summed E-state index contributed by atoms with van der Waals surface area (Å²) in [5, 5.41) is 5.15. The van der Waals surface area contributed by atoms with Gasteiger partial charge in [-0.25, -0.2) is 0 Å². The summed E-state index contributed by atoms with van der Waals surface area (Å²) in [7, 11) is 0. The summed E-state index contributed by atoms with van der Waals surface area (Å²) in [5.74, 6) is 0. The molecule has 54 heavy (non-hydrogen) atoms. The van der Waals surface area contributed by atoms with Gasteiger partial charge in [-0.2, -0.15) is 0 Å². The van der Waals surface area contributed by atoms with E-state index in [-0.39, 0.29) is 0 Å². The van der Waals surface area contributed by atoms with Crippen LogP contribution in [0.4, 0.5) is 17.1 Å². The van der Waals surface area contributed by atoms with E-state index in [0.29, 0.717) is 0 Å². The maximum Gasteiger partial charge on any atom is 0.0476 e. The molecule has 0 bridgehead atoms. The van der Waals surface area contributed by atoms with E-state index in [2.05, 4.69) is 217 Å². The highest BCUT2D eigenvalue weighted by Gasteiger charge is 2.16. The van der Waals surface area contributed by atoms with E-state index >= 15 is 0 Å². The Labute approximate surface area is 319 Å². The summed E-state index contributed by atoms with van der Waals surface area (Å²) >= 11 is 1.86. The van der Waals surface area contributed by atoms with Gasteiger partial charge in [-0.15, -0.1) is 11.3 Å². The van der Waals surface area contributed by atoms with Crippen LogP contribution in [0.15, 0.2) is 212 Å². The lowest BCUT2D eigenvalue weighted by molar-refractivity contribution is 1.29. The molecule has 0 amide bonds. The highest BCUT2D eigenvalue weighted by molar-refractivity contribution is 7.25. The first-order valence-corrected chi connectivity index (χ1v) is 19.2. The second-order valence-electron chi connectivity index (χ2n) is 13.8. The van der Waals surface area contributed by atoms with E-state index in [4.69, 9.17) is 0 Å². The molecule has 0 fully saturated rings. The summed E-state index contributed by atoms with van der Waals surface area (Å²) in [6.07, 6.45) is 0. The Hall–Kier alpha value is -6.74. The van der Waals surface area contributed by atoms with Gasteiger partial charge in [-0.1, -0.05) is 158 Å². The van der Waals surface area contributed by atoms with Crippen LogP contribution in [0.1, 0.15) is 0 Å². The Morgan fingerprint density at radius 3 is 1.50 bits per heavy atom. The molecule has 10 rings (SSSR count). The molecule has 1 aromatic heterocycles. The molecule has 0 unspecified atom stereocenters. The Morgan fingerprint density at radius 1 is 0.278 bits per heavy atom. The monoisotopic (exact) mass is 705 g/mol. The van der Waals surface area contributed by atoms with Crippen LogP contribution in [-0.4, -0.2) is 0 Å². The molecule has 9 aromatic carbocycles. The Morgan fingerprint density at radius 2 is 0.759 bits per heavy atom. The maximum atomic E-state index is 2.37. The average Bonchev–Trinajstić information content (AvgIpc) is 3.62. The van der Waals surface area contributed by atoms with Gasteiger partial charge in [0.05, 0.1) is 0 Å². The van der Waals surface area contributed by atoms with Crippen molar-refractivity contribution in [2.45, 2.75) is 0 Å². The zero-order valence-corrected chi connectivity index (χ0v) is 30.4. The Kier molecular flexibility index (Phi) is 8.09. The number of benzene rings is 9. The molecule has 0 aliphatic heterocycles. The minimum atomic E-state index is 1.12. The first-order valence-electron chi connectivity index (χ1n) is 18.4. The van der Waals surface area contributed by atoms with Crippen LogP contribution < -0.4 is 4.90 Å². The van der Waals surface area contributed by atoms with Crippen molar-refractivity contribution < 1.29 is 0 Å². The quantitative estimate of drug-likeness (QED) is 0.160. The Balaban J connectivity index is 1.01. The molecule has 2 heteroatoms. The smallest absolute Gasteiger partial charge is 0.0476 e. The molecular formula is C52H35NS. The molecular weight excluding hydrogens is 671 g/mol. The number of thiophene rings is 1. The second-order valence-corrected chi connectivity index (χ2v) is 14.8. The molecule has 1 nitrogen and oxygen atoms in total. The molecule has 1 heterocycles. The first kappa shape index (κ1) is 32.0. The van der Waals surface area contributed by atoms with Gasteiger partial charge in [0.2, 0.25) is 0 Å². The fourth-order valence-electron chi connectivity index (χ4n) is 7.76. The van der Waals surface area contributed by atoms with Crippen LogP contribution in [0.3, 0.4) is 0 Å². The summed E-state index contributed by atoms with van der Waals surface area (Å²) in [6, 6.07) is 77.1. The zero-order chi connectivity index (χ0) is 35.8. The number of anilines is 3. The third kappa shape index (κ3) is 5.93. The van der Waals surface area contributed by atoms with E-state index < -0.39 is 0 Å². The van der Waals surface area contributed by atoms with Gasteiger partial charge in [0.15, 0.2) is 0 Å². The van der Waals surface area contributed by atoms with Gasteiger partial charge in [0.25, 0.3) is 0 Å². The van der Waals surface area contributed by atoms with Crippen LogP contribution >= 0.6 is 11.3 Å². The number of nitrogens with zero attached hydrogens (tertiary/aromatic N) is 1. The molecule has 254 valence electrons. The minimum Gasteiger partial charge on any atom is -0.310 e. The molecule has 0 aliphatic carbocycles. The topological polar surface area (TPSA) is 3.24 Å². The summed E-state index contributed by atoms with van der Waals surface area (Å²) in [5.41, 5.74) is 13.1. The van der Waals surface area contributed by atoms with Crippen molar-refractivity contribution in [3.63, 3.8) is 0 Å². The van der Waals surface area contributed by atoms with E-state index in [1.54, 1.807) is 0 Å². The average molecular weight is 706 g/mol. The summed E-state index contributed by atoms with van der Waals surface area (Å²) in [6.45, 7) is 0. The molecule has 0 spiro atoms. The van der Waals surface area contributed by atoms with Gasteiger partial charge in [0, 0.05) is 37.2 Å². The molecule has 0 atom stereocenters. The number of fused-ring (bicyclic) bond motifs is 4. The second kappa shape index (κ2) is 13.7. The van der Waals surface area contributed by atoms with Crippen molar-refractivity contribution >= 4 is 59.3 Å². The van der Waals surface area contributed by atoms with Crippen LogP contribution in [0.25, 0.3) is 75.5 Å². The van der Waals surface area contributed by atoms with Gasteiger partial charge >= 0.3 is 0 Å². The van der Waals surface area contributed by atoms with Crippen molar-refractivity contribution in [1.29, 1.82) is 0 Å². The largest absolute Gasteiger partial charge is 0.310 e. The lowest BCUT2D eigenvalue weighted by atomic mass is 9.94. The van der Waals surface area contributed by atoms with Gasteiger partial charge in [-0.05, 0) is 110 Å². The maximum absolute atomic E-state index is 2.37. The SMILES string of the molecule is c1ccc(-c2ccc(N(c3ccc(-c4cccc(-c5cccc(-c6cccc7ccccc67)c5)c4)cc3)c3ccc4c(c3)sc3ccccc34)cc2)cc1. The lowest BCUT2D eigenvalue weighted by Gasteiger charge is -2.26. The third-order valence-electron chi connectivity index (χ3n) is 10.5. The minimum absolute atomic E-state index is 1.12. The molecule has 0 N–H and O–H groups in total. The van der Waals surface area contributed by atoms with Crippen molar-refractivity contribution in [1.82, 2.24) is 0 Å². The van der Waals surface area contributed by atoms with Crippen LogP contribution in [-0.2, 0) is 0 Å². The third-order valence-corrected chi connectivity index (χ3v) is 11.6. The lowest BCUT2D eigenvalue weighted by Crippen LogP contribution is -2.09. The predicted octanol–water partition coefficient (Wildman–Crippen LogP) is 15.3. The van der Waals surface area contributed by atoms with Crippen molar-refractivity contribution in [2.24, 2.45) is 0 Å². The standard InChI is InChI=1S/C52H35NS/c1-2-11-36(12-3-1)37-23-27-44(28-24-37)53(46-31-32-50-49-20-6-7-22-51(49)54-52(50)35-46)45-29-25-38(26-30-45)40-15-8-16-41(33-40)42-17-9-18-43(34-42)48-21-10-14-39-13-4-5-19-47(39)48/h1-35H. The molecule has 10 aromatic rings. The normalized spacial score (nSPS) is 11.3. The zero-order valence-electron chi connectivity index (χ0n) is 29.6. The van der Waals surface area contributed by atoms with E-state index in [0.717, 1.165) is 17.1 Å². The highest BCUT2D eigenvalue weighted by Crippen LogP contribution is 2.42. The number of rotatable bonds is 7. The molecule has 0 saturated heterocycles. The van der Waals surface area contributed by atoms with Crippen LogP contribution in [0, 0.1) is 0 Å². The van der Waals surface area contributed by atoms with E-state index in [1.165, 1.54) is 75.5 Å². The molecule has 0 radical (unpaired) electrons. The van der Waals surface area contributed by atoms with Gasteiger partial charge < -0.3 is 4.90 Å². The predicted molar refractivity (Wildman–Crippen MR) is 233 cm³/mol. The summed E-state index contributed by atoms with van der Waals surface area (Å²) in [4.78, 5) is 2.37. The van der Waals surface area contributed by atoms with Gasteiger partial charge in [-0.3, -0.25) is 0 Å². The summed E-state index contributed by atoms with van der Waals surface area (Å²) < 4.78 is 2.60. The highest BCUT2D eigenvalue weighted by atomic mass is 32.1. The van der Waals surface area contributed by atoms with E-state index in [1.807, 2.05) is 11.3 Å². The van der Waals surface area contributed by atoms with Crippen LogP contribution in [0.5, 0.6) is 0 Å². The first-order chi connectivity index (χ1) is 26.7. The van der Waals surface area contributed by atoms with Crippen LogP contribution in [0.2, 0.25) is 0 Å².